The van der Waals surface area contributed by atoms with Crippen molar-refractivity contribution in [1.29, 1.82) is 0 Å². The van der Waals surface area contributed by atoms with Crippen molar-refractivity contribution in [1.82, 2.24) is 4.98 Å². The highest BCUT2D eigenvalue weighted by atomic mass is 19.1. The number of hydrogen-bond acceptors (Lipinski definition) is 5. The zero-order valence-electron chi connectivity index (χ0n) is 15.6. The number of pyridine rings is 1. The van der Waals surface area contributed by atoms with E-state index in [-0.39, 0.29) is 11.7 Å². The van der Waals surface area contributed by atoms with Gasteiger partial charge in [-0.1, -0.05) is 6.07 Å². The summed E-state index contributed by atoms with van der Waals surface area (Å²) >= 11 is 0. The molecule has 1 aromatic heterocycles. The fourth-order valence-electron chi connectivity index (χ4n) is 4.85. The summed E-state index contributed by atoms with van der Waals surface area (Å²) in [5.74, 6) is 1.14. The molecule has 2 unspecified atom stereocenters. The van der Waals surface area contributed by atoms with Gasteiger partial charge in [0, 0.05) is 56.4 Å². The third kappa shape index (κ3) is 2.83. The van der Waals surface area contributed by atoms with Crippen LogP contribution in [-0.4, -0.2) is 57.5 Å². The fraction of sp³-hybridized carbons (Fsp3) is 0.476. The number of likely N-dealkylation sites (N-methyl/N-ethyl adjacent to an activating group) is 1. The number of aromatic nitrogens is 1. The average Bonchev–Trinajstić information content (AvgIpc) is 3.02. The van der Waals surface area contributed by atoms with Gasteiger partial charge in [-0.15, -0.1) is 0 Å². The van der Waals surface area contributed by atoms with Crippen molar-refractivity contribution in [2.24, 2.45) is 0 Å². The van der Waals surface area contributed by atoms with Gasteiger partial charge in [-0.2, -0.15) is 0 Å². The Morgan fingerprint density at radius 1 is 1.07 bits per heavy atom. The first-order chi connectivity index (χ1) is 13.2. The zero-order valence-corrected chi connectivity index (χ0v) is 15.6. The van der Waals surface area contributed by atoms with E-state index in [9.17, 15) is 4.39 Å². The van der Waals surface area contributed by atoms with Crippen LogP contribution in [0.25, 0.3) is 0 Å². The van der Waals surface area contributed by atoms with Gasteiger partial charge in [0.25, 0.3) is 0 Å². The first-order valence-corrected chi connectivity index (χ1v) is 9.77. The van der Waals surface area contributed by atoms with Crippen molar-refractivity contribution in [2.45, 2.75) is 18.4 Å². The van der Waals surface area contributed by atoms with Crippen LogP contribution >= 0.6 is 0 Å². The molecule has 27 heavy (non-hydrogen) atoms. The zero-order chi connectivity index (χ0) is 18.4. The monoisotopic (exact) mass is 368 g/mol. The fourth-order valence-corrected chi connectivity index (χ4v) is 4.85. The van der Waals surface area contributed by atoms with Crippen LogP contribution in [-0.2, 0) is 4.74 Å². The van der Waals surface area contributed by atoms with Gasteiger partial charge in [0.2, 0.25) is 0 Å². The maximum atomic E-state index is 14.6. The first kappa shape index (κ1) is 16.8. The molecule has 5 nitrogen and oxygen atoms in total. The molecule has 6 heteroatoms. The Bertz CT molecular complexity index is 821. The standard InChI is InChI=1S/C21H25FN4O/c1-24-18-7-8-26(14-16(18)21-17(22)3-2-4-19(21)24)15-5-6-20(23-13-15)25-9-11-27-12-10-25/h2-6,13,16,18H,7-12,14H2,1H3. The van der Waals surface area contributed by atoms with Gasteiger partial charge in [0.1, 0.15) is 11.6 Å². The Hall–Kier alpha value is -2.34. The number of ether oxygens (including phenoxy) is 1. The first-order valence-electron chi connectivity index (χ1n) is 9.77. The summed E-state index contributed by atoms with van der Waals surface area (Å²) in [5.41, 5.74) is 3.05. The summed E-state index contributed by atoms with van der Waals surface area (Å²) in [6.07, 6.45) is 2.99. The normalized spacial score (nSPS) is 24.7. The van der Waals surface area contributed by atoms with Crippen LogP contribution in [0.2, 0.25) is 0 Å². The van der Waals surface area contributed by atoms with E-state index in [1.165, 1.54) is 0 Å². The van der Waals surface area contributed by atoms with Crippen LogP contribution in [0, 0.1) is 5.82 Å². The Labute approximate surface area is 159 Å². The molecule has 142 valence electrons. The molecule has 0 saturated carbocycles. The van der Waals surface area contributed by atoms with Gasteiger partial charge in [-0.25, -0.2) is 9.37 Å². The molecule has 0 aliphatic carbocycles. The van der Waals surface area contributed by atoms with Crippen molar-refractivity contribution in [2.75, 3.05) is 61.1 Å². The van der Waals surface area contributed by atoms with Gasteiger partial charge >= 0.3 is 0 Å². The number of piperidine rings is 1. The van der Waals surface area contributed by atoms with Crippen molar-refractivity contribution in [3.8, 4) is 0 Å². The molecule has 2 atom stereocenters. The van der Waals surface area contributed by atoms with E-state index in [1.807, 2.05) is 18.3 Å². The van der Waals surface area contributed by atoms with E-state index in [4.69, 9.17) is 4.74 Å². The van der Waals surface area contributed by atoms with Crippen molar-refractivity contribution >= 4 is 17.2 Å². The third-order valence-electron chi connectivity index (χ3n) is 6.29. The second kappa shape index (κ2) is 6.68. The Morgan fingerprint density at radius 3 is 2.70 bits per heavy atom. The molecule has 3 aliphatic heterocycles. The van der Waals surface area contributed by atoms with E-state index in [0.717, 1.165) is 68.6 Å². The molecule has 0 radical (unpaired) electrons. The van der Waals surface area contributed by atoms with Crippen molar-refractivity contribution in [3.05, 3.63) is 47.9 Å². The second-order valence-electron chi connectivity index (χ2n) is 7.67. The average molecular weight is 368 g/mol. The van der Waals surface area contributed by atoms with Gasteiger partial charge in [0.15, 0.2) is 0 Å². The van der Waals surface area contributed by atoms with Gasteiger partial charge in [-0.3, -0.25) is 0 Å². The van der Waals surface area contributed by atoms with E-state index in [0.29, 0.717) is 6.04 Å². The lowest BCUT2D eigenvalue weighted by Crippen LogP contribution is -2.45. The number of rotatable bonds is 2. The van der Waals surface area contributed by atoms with Crippen LogP contribution in [0.4, 0.5) is 21.6 Å². The highest BCUT2D eigenvalue weighted by molar-refractivity contribution is 5.64. The number of fused-ring (bicyclic) bond motifs is 3. The lowest BCUT2D eigenvalue weighted by molar-refractivity contribution is 0.122. The molecule has 0 N–H and O–H groups in total. The van der Waals surface area contributed by atoms with Gasteiger partial charge in [0.05, 0.1) is 25.1 Å². The maximum absolute atomic E-state index is 14.6. The largest absolute Gasteiger partial charge is 0.378 e. The van der Waals surface area contributed by atoms with E-state index < -0.39 is 0 Å². The summed E-state index contributed by atoms with van der Waals surface area (Å²) in [5, 5.41) is 0. The number of nitrogens with zero attached hydrogens (tertiary/aromatic N) is 4. The number of hydrogen-bond donors (Lipinski definition) is 0. The van der Waals surface area contributed by atoms with E-state index >= 15 is 0 Å². The number of benzene rings is 1. The minimum Gasteiger partial charge on any atom is -0.378 e. The molecule has 0 spiro atoms. The summed E-state index contributed by atoms with van der Waals surface area (Å²) in [7, 11) is 2.09. The predicted octanol–water partition coefficient (Wildman–Crippen LogP) is 2.87. The summed E-state index contributed by atoms with van der Waals surface area (Å²) in [6.45, 7) is 5.11. The Kier molecular flexibility index (Phi) is 4.16. The van der Waals surface area contributed by atoms with Crippen LogP contribution < -0.4 is 14.7 Å². The molecule has 2 aromatic rings. The SMILES string of the molecule is CN1c2cccc(F)c2C2CN(c3ccc(N4CCOCC4)nc3)CCC21. The molecule has 0 bridgehead atoms. The maximum Gasteiger partial charge on any atom is 0.128 e. The number of anilines is 3. The molecular weight excluding hydrogens is 343 g/mol. The lowest BCUT2D eigenvalue weighted by Gasteiger charge is -2.39. The van der Waals surface area contributed by atoms with Crippen LogP contribution in [0.15, 0.2) is 36.5 Å². The minimum atomic E-state index is -0.0745. The van der Waals surface area contributed by atoms with E-state index in [2.05, 4.69) is 38.9 Å². The second-order valence-corrected chi connectivity index (χ2v) is 7.67. The van der Waals surface area contributed by atoms with Gasteiger partial charge in [-0.05, 0) is 30.7 Å². The summed E-state index contributed by atoms with van der Waals surface area (Å²) in [4.78, 5) is 11.6. The van der Waals surface area contributed by atoms with Crippen LogP contribution in [0.5, 0.6) is 0 Å². The minimum absolute atomic E-state index is 0.0745. The molecule has 2 saturated heterocycles. The highest BCUT2D eigenvalue weighted by Crippen LogP contribution is 2.45. The quantitative estimate of drug-likeness (QED) is 0.814. The molecule has 3 aliphatic rings. The molecule has 4 heterocycles. The van der Waals surface area contributed by atoms with Crippen LogP contribution in [0.3, 0.4) is 0 Å². The van der Waals surface area contributed by atoms with Crippen molar-refractivity contribution in [3.63, 3.8) is 0 Å². The molecule has 5 rings (SSSR count). The Balaban J connectivity index is 1.36. The summed E-state index contributed by atoms with van der Waals surface area (Å²) < 4.78 is 20.0. The van der Waals surface area contributed by atoms with Crippen molar-refractivity contribution < 1.29 is 9.13 Å². The highest BCUT2D eigenvalue weighted by Gasteiger charge is 2.42. The van der Waals surface area contributed by atoms with E-state index in [1.54, 1.807) is 6.07 Å². The molecule has 2 fully saturated rings. The van der Waals surface area contributed by atoms with Crippen LogP contribution in [0.1, 0.15) is 17.9 Å². The van der Waals surface area contributed by atoms with Gasteiger partial charge < -0.3 is 19.4 Å². The summed E-state index contributed by atoms with van der Waals surface area (Å²) in [6, 6.07) is 10.1. The number of halogens is 1. The smallest absolute Gasteiger partial charge is 0.128 e. The Morgan fingerprint density at radius 2 is 1.93 bits per heavy atom. The third-order valence-corrected chi connectivity index (χ3v) is 6.29. The lowest BCUT2D eigenvalue weighted by atomic mass is 9.88. The molecule has 1 aromatic carbocycles. The topological polar surface area (TPSA) is 31.8 Å². The molecule has 0 amide bonds. The predicted molar refractivity (Wildman–Crippen MR) is 105 cm³/mol. The molecular formula is C21H25FN4O. The number of morpholine rings is 1.